The number of sulfonamides is 1. The molecule has 0 fully saturated rings. The van der Waals surface area contributed by atoms with E-state index in [2.05, 4.69) is 20.3 Å². The Labute approximate surface area is 166 Å². The Morgan fingerprint density at radius 3 is 2.73 bits per heavy atom. The van der Waals surface area contributed by atoms with Gasteiger partial charge in [-0.2, -0.15) is 0 Å². The van der Waals surface area contributed by atoms with Crippen LogP contribution in [0.4, 0.5) is 0 Å². The zero-order valence-corrected chi connectivity index (χ0v) is 17.3. The van der Waals surface area contributed by atoms with Crippen LogP contribution in [0.3, 0.4) is 0 Å². The molecule has 2 aromatic rings. The van der Waals surface area contributed by atoms with Crippen molar-refractivity contribution in [2.75, 3.05) is 26.2 Å². The van der Waals surface area contributed by atoms with Crippen molar-refractivity contribution in [3.63, 3.8) is 0 Å². The van der Waals surface area contributed by atoms with Gasteiger partial charge in [0.2, 0.25) is 10.0 Å². The highest BCUT2D eigenvalue weighted by Gasteiger charge is 2.14. The number of rotatable bonds is 9. The van der Waals surface area contributed by atoms with E-state index in [1.165, 1.54) is 22.7 Å². The molecule has 0 aliphatic carbocycles. The van der Waals surface area contributed by atoms with Crippen LogP contribution in [0.25, 0.3) is 0 Å². The van der Waals surface area contributed by atoms with Crippen LogP contribution < -0.4 is 15.4 Å². The molecule has 0 amide bonds. The SMILES string of the molecule is CCNC(=NCC(O)c1ccc(Cl)s1)NCCNS(=O)(=O)c1cccs1. The van der Waals surface area contributed by atoms with Crippen molar-refractivity contribution in [2.24, 2.45) is 4.99 Å². The first kappa shape index (κ1) is 21.1. The number of hydrogen-bond donors (Lipinski definition) is 4. The first-order valence-electron chi connectivity index (χ1n) is 7.91. The summed E-state index contributed by atoms with van der Waals surface area (Å²) in [5.74, 6) is 0.504. The minimum absolute atomic E-state index is 0.174. The molecule has 0 bridgehead atoms. The average Bonchev–Trinajstić information content (AvgIpc) is 3.28. The summed E-state index contributed by atoms with van der Waals surface area (Å²) in [7, 11) is -3.47. The van der Waals surface area contributed by atoms with Crippen LogP contribution >= 0.6 is 34.3 Å². The maximum Gasteiger partial charge on any atom is 0.250 e. The minimum Gasteiger partial charge on any atom is -0.386 e. The molecule has 0 saturated heterocycles. The first-order chi connectivity index (χ1) is 12.4. The van der Waals surface area contributed by atoms with Crippen LogP contribution in [0.5, 0.6) is 0 Å². The number of hydrogen-bond acceptors (Lipinski definition) is 6. The molecule has 7 nitrogen and oxygen atoms in total. The fourth-order valence-corrected chi connectivity index (χ4v) is 5.08. The summed E-state index contributed by atoms with van der Waals surface area (Å²) in [4.78, 5) is 5.06. The zero-order valence-electron chi connectivity index (χ0n) is 14.1. The van der Waals surface area contributed by atoms with Gasteiger partial charge in [0.15, 0.2) is 5.96 Å². The number of nitrogens with one attached hydrogen (secondary N) is 3. The summed E-state index contributed by atoms with van der Waals surface area (Å²) in [5, 5.41) is 17.9. The fourth-order valence-electron chi connectivity index (χ4n) is 1.97. The van der Waals surface area contributed by atoms with E-state index in [-0.39, 0.29) is 17.3 Å². The molecule has 11 heteroatoms. The number of aliphatic hydroxyl groups excluding tert-OH is 1. The molecule has 26 heavy (non-hydrogen) atoms. The van der Waals surface area contributed by atoms with E-state index in [1.807, 2.05) is 6.92 Å². The molecule has 0 saturated carbocycles. The third-order valence-electron chi connectivity index (χ3n) is 3.16. The highest BCUT2D eigenvalue weighted by molar-refractivity contribution is 7.91. The average molecular weight is 437 g/mol. The molecular formula is C15H21ClN4O3S3. The second-order valence-electron chi connectivity index (χ2n) is 5.13. The number of nitrogens with zero attached hydrogens (tertiary/aromatic N) is 1. The zero-order chi connectivity index (χ0) is 19.0. The van der Waals surface area contributed by atoms with Crippen LogP contribution in [-0.2, 0) is 10.0 Å². The van der Waals surface area contributed by atoms with Crippen molar-refractivity contribution >= 4 is 50.3 Å². The van der Waals surface area contributed by atoms with Crippen LogP contribution in [0.15, 0.2) is 38.8 Å². The van der Waals surface area contributed by atoms with Gasteiger partial charge in [-0.05, 0) is 30.5 Å². The number of guanidine groups is 1. The van der Waals surface area contributed by atoms with Crippen LogP contribution in [0.1, 0.15) is 17.9 Å². The van der Waals surface area contributed by atoms with Gasteiger partial charge in [0.25, 0.3) is 0 Å². The monoisotopic (exact) mass is 436 g/mol. The predicted octanol–water partition coefficient (Wildman–Crippen LogP) is 2.03. The summed E-state index contributed by atoms with van der Waals surface area (Å²) in [6.45, 7) is 3.32. The van der Waals surface area contributed by atoms with Crippen molar-refractivity contribution in [1.82, 2.24) is 15.4 Å². The number of aliphatic hydroxyl groups is 1. The summed E-state index contributed by atoms with van der Waals surface area (Å²) >= 11 is 8.35. The van der Waals surface area contributed by atoms with E-state index in [0.29, 0.717) is 23.4 Å². The van der Waals surface area contributed by atoms with E-state index < -0.39 is 16.1 Å². The Morgan fingerprint density at radius 1 is 1.31 bits per heavy atom. The molecule has 0 spiro atoms. The lowest BCUT2D eigenvalue weighted by Gasteiger charge is -2.13. The third-order valence-corrected chi connectivity index (χ3v) is 7.35. The molecule has 2 aromatic heterocycles. The molecule has 144 valence electrons. The van der Waals surface area contributed by atoms with Gasteiger partial charge in [-0.15, -0.1) is 22.7 Å². The molecule has 0 aliphatic rings. The van der Waals surface area contributed by atoms with Gasteiger partial charge in [-0.3, -0.25) is 4.99 Å². The molecule has 1 unspecified atom stereocenters. The molecule has 0 aliphatic heterocycles. The Hall–Kier alpha value is -1.17. The normalized spacial score (nSPS) is 13.6. The van der Waals surface area contributed by atoms with Crippen molar-refractivity contribution < 1.29 is 13.5 Å². The van der Waals surface area contributed by atoms with E-state index in [1.54, 1.807) is 29.6 Å². The minimum atomic E-state index is -3.47. The van der Waals surface area contributed by atoms with E-state index in [4.69, 9.17) is 11.6 Å². The molecule has 1 atom stereocenters. The Balaban J connectivity index is 1.82. The van der Waals surface area contributed by atoms with Gasteiger partial charge in [0, 0.05) is 24.5 Å². The second-order valence-corrected chi connectivity index (χ2v) is 9.82. The molecule has 2 rings (SSSR count). The van der Waals surface area contributed by atoms with Gasteiger partial charge < -0.3 is 15.7 Å². The lowest BCUT2D eigenvalue weighted by atomic mass is 10.3. The predicted molar refractivity (Wildman–Crippen MR) is 108 cm³/mol. The van der Waals surface area contributed by atoms with Crippen molar-refractivity contribution in [2.45, 2.75) is 17.2 Å². The Kier molecular flexibility index (Phi) is 8.32. The lowest BCUT2D eigenvalue weighted by molar-refractivity contribution is 0.191. The summed E-state index contributed by atoms with van der Waals surface area (Å²) in [6.07, 6.45) is -0.736. The fraction of sp³-hybridized carbons (Fsp3) is 0.400. The molecule has 0 aromatic carbocycles. The summed E-state index contributed by atoms with van der Waals surface area (Å²) in [5.41, 5.74) is 0. The first-order valence-corrected chi connectivity index (χ1v) is 11.5. The molecule has 4 N–H and O–H groups in total. The highest BCUT2D eigenvalue weighted by Crippen LogP contribution is 2.26. The standard InChI is InChI=1S/C15H21ClN4O3S3/c1-2-17-15(19-10-11(21)12-5-6-13(16)25-12)18-7-8-20-26(22,23)14-4-3-9-24-14/h3-6,9,11,20-21H,2,7-8,10H2,1H3,(H2,17,18,19). The molecule has 0 radical (unpaired) electrons. The number of aliphatic imine (C=N–C) groups is 1. The van der Waals surface area contributed by atoms with Gasteiger partial charge in [0.05, 0.1) is 10.9 Å². The molecular weight excluding hydrogens is 416 g/mol. The number of thiophene rings is 2. The van der Waals surface area contributed by atoms with Crippen molar-refractivity contribution in [3.8, 4) is 0 Å². The van der Waals surface area contributed by atoms with E-state index in [0.717, 1.165) is 4.88 Å². The largest absolute Gasteiger partial charge is 0.386 e. The number of halogens is 1. The van der Waals surface area contributed by atoms with Gasteiger partial charge in [-0.25, -0.2) is 13.1 Å². The lowest BCUT2D eigenvalue weighted by Crippen LogP contribution is -2.41. The van der Waals surface area contributed by atoms with Gasteiger partial charge in [0.1, 0.15) is 10.3 Å². The van der Waals surface area contributed by atoms with Crippen LogP contribution in [0.2, 0.25) is 4.34 Å². The van der Waals surface area contributed by atoms with Crippen molar-refractivity contribution in [1.29, 1.82) is 0 Å². The smallest absolute Gasteiger partial charge is 0.250 e. The van der Waals surface area contributed by atoms with Crippen LogP contribution in [0, 0.1) is 0 Å². The Bertz CT molecular complexity index is 806. The topological polar surface area (TPSA) is 103 Å². The van der Waals surface area contributed by atoms with Crippen molar-refractivity contribution in [3.05, 3.63) is 38.9 Å². The third kappa shape index (κ3) is 6.53. The Morgan fingerprint density at radius 2 is 2.12 bits per heavy atom. The maximum atomic E-state index is 12.0. The van der Waals surface area contributed by atoms with E-state index >= 15 is 0 Å². The maximum absolute atomic E-state index is 12.0. The molecule has 2 heterocycles. The van der Waals surface area contributed by atoms with Gasteiger partial charge in [-0.1, -0.05) is 17.7 Å². The summed E-state index contributed by atoms with van der Waals surface area (Å²) < 4.78 is 27.5. The quantitative estimate of drug-likeness (QED) is 0.273. The van der Waals surface area contributed by atoms with E-state index in [9.17, 15) is 13.5 Å². The van der Waals surface area contributed by atoms with Gasteiger partial charge >= 0.3 is 0 Å². The van der Waals surface area contributed by atoms with Crippen LogP contribution in [-0.4, -0.2) is 45.7 Å². The summed E-state index contributed by atoms with van der Waals surface area (Å²) in [6, 6.07) is 6.76. The second kappa shape index (κ2) is 10.2. The highest BCUT2D eigenvalue weighted by atomic mass is 35.5.